The molecule has 0 unspecified atom stereocenters. The van der Waals surface area contributed by atoms with E-state index in [1.807, 2.05) is 0 Å². The molecule has 174 valence electrons. The van der Waals surface area contributed by atoms with Crippen LogP contribution in [-0.2, 0) is 6.54 Å². The van der Waals surface area contributed by atoms with Crippen LogP contribution in [0.4, 0.5) is 0 Å². The molecule has 0 saturated heterocycles. The zero-order chi connectivity index (χ0) is 24.2. The Hall–Kier alpha value is 0.106. The summed E-state index contributed by atoms with van der Waals surface area (Å²) in [4.78, 5) is 0. The van der Waals surface area contributed by atoms with E-state index in [9.17, 15) is 0 Å². The third-order valence-electron chi connectivity index (χ3n) is 6.25. The average Bonchev–Trinajstić information content (AvgIpc) is 2.88. The summed E-state index contributed by atoms with van der Waals surface area (Å²) in [5.74, 6) is 0. The SMILES string of the molecule is C[Si](C)(C)[N-][Si](C)(C)C.Cc1c(C)c(C)[c-](C)c1C.Cc1c(C[NH-])c(C)[c-](C)c1C.[U+4]. The molecular weight excluding hydrogens is 635 g/mol. The molecule has 0 saturated carbocycles. The van der Waals surface area contributed by atoms with Crippen molar-refractivity contribution >= 4 is 16.5 Å². The molecule has 2 aromatic rings. The van der Waals surface area contributed by atoms with Gasteiger partial charge in [0.2, 0.25) is 0 Å². The van der Waals surface area contributed by atoms with Gasteiger partial charge in [0.15, 0.2) is 0 Å². The van der Waals surface area contributed by atoms with Gasteiger partial charge in [-0.15, -0.1) is 0 Å². The first kappa shape index (κ1) is 33.3. The number of rotatable bonds is 3. The van der Waals surface area contributed by atoms with Crippen molar-refractivity contribution in [3.8, 4) is 0 Å². The van der Waals surface area contributed by atoms with Crippen LogP contribution in [0.25, 0.3) is 10.4 Å². The van der Waals surface area contributed by atoms with Gasteiger partial charge in [-0.05, 0) is 0 Å². The van der Waals surface area contributed by atoms with Crippen molar-refractivity contribution in [2.24, 2.45) is 0 Å². The van der Waals surface area contributed by atoms with Crippen LogP contribution in [0.5, 0.6) is 0 Å². The third kappa shape index (κ3) is 10.3. The minimum absolute atomic E-state index is 0. The van der Waals surface area contributed by atoms with Crippen molar-refractivity contribution < 1.29 is 31.1 Å². The maximum absolute atomic E-state index is 7.34. The summed E-state index contributed by atoms with van der Waals surface area (Å²) in [6.45, 7) is 33.7. The van der Waals surface area contributed by atoms with Gasteiger partial charge in [-0.25, -0.2) is 5.56 Å². The second-order valence-corrected chi connectivity index (χ2v) is 20.3. The Morgan fingerprint density at radius 1 is 0.613 bits per heavy atom. The van der Waals surface area contributed by atoms with Crippen LogP contribution in [0.1, 0.15) is 55.6 Å². The molecule has 0 aliphatic rings. The van der Waals surface area contributed by atoms with E-state index in [1.165, 1.54) is 55.6 Å². The molecule has 0 heterocycles. The maximum Gasteiger partial charge on any atom is 4.00 e. The van der Waals surface area contributed by atoms with E-state index in [-0.39, 0.29) is 31.1 Å². The smallest absolute Gasteiger partial charge is 0.685 e. The van der Waals surface area contributed by atoms with Crippen LogP contribution < -0.4 is 0 Å². The molecule has 0 aliphatic carbocycles. The summed E-state index contributed by atoms with van der Waals surface area (Å²) in [5, 5.41) is 0. The van der Waals surface area contributed by atoms with Gasteiger partial charge in [0, 0.05) is 0 Å². The van der Waals surface area contributed by atoms with E-state index in [1.54, 1.807) is 0 Å². The van der Waals surface area contributed by atoms with Gasteiger partial charge in [0.05, 0.1) is 0 Å². The molecule has 2 nitrogen and oxygen atoms in total. The maximum atomic E-state index is 7.34. The van der Waals surface area contributed by atoms with Crippen LogP contribution in [0.3, 0.4) is 0 Å². The summed E-state index contributed by atoms with van der Waals surface area (Å²) in [7, 11) is -2.21. The van der Waals surface area contributed by atoms with Gasteiger partial charge in [0.1, 0.15) is 0 Å². The minimum atomic E-state index is -1.11. The summed E-state index contributed by atoms with van der Waals surface area (Å²) < 4.78 is 4.82. The molecule has 5 heteroatoms. The summed E-state index contributed by atoms with van der Waals surface area (Å²) in [5.41, 5.74) is 21.3. The fraction of sp³-hybridized carbons (Fsp3) is 0.615. The molecule has 0 radical (unpaired) electrons. The van der Waals surface area contributed by atoms with Crippen LogP contribution in [0.15, 0.2) is 0 Å². The Bertz CT molecular complexity index is 714. The van der Waals surface area contributed by atoms with Crippen molar-refractivity contribution in [2.45, 2.75) is 108 Å². The van der Waals surface area contributed by atoms with Gasteiger partial charge in [0.25, 0.3) is 0 Å². The quantitative estimate of drug-likeness (QED) is 0.229. The number of hydrogen-bond acceptors (Lipinski definition) is 0. The largest absolute Gasteiger partial charge is 4.00 e. The van der Waals surface area contributed by atoms with Crippen molar-refractivity contribution in [1.82, 2.24) is 0 Å². The zero-order valence-corrected chi connectivity index (χ0v) is 29.3. The zero-order valence-electron chi connectivity index (χ0n) is 23.2. The minimum Gasteiger partial charge on any atom is -0.685 e. The van der Waals surface area contributed by atoms with Gasteiger partial charge >= 0.3 is 31.1 Å². The van der Waals surface area contributed by atoms with Crippen LogP contribution in [-0.4, -0.2) is 16.5 Å². The van der Waals surface area contributed by atoms with Gasteiger partial charge in [-0.2, -0.15) is 56.6 Å². The molecule has 0 bridgehead atoms. The predicted octanol–water partition coefficient (Wildman–Crippen LogP) is 9.17. The number of hydrogen-bond donors (Lipinski definition) is 0. The monoisotopic (exact) mass is 682 g/mol. The second-order valence-electron chi connectivity index (χ2n) is 10.7. The van der Waals surface area contributed by atoms with Gasteiger partial charge in [-0.1, -0.05) is 118 Å². The molecule has 1 N–H and O–H groups in total. The number of nitrogens with one attached hydrogen (secondary N) is 1. The Morgan fingerprint density at radius 3 is 1.00 bits per heavy atom. The van der Waals surface area contributed by atoms with Gasteiger partial charge < -0.3 is 10.4 Å². The molecule has 2 rings (SSSR count). The normalized spacial score (nSPS) is 11.2. The number of nitrogens with zero attached hydrogens (tertiary/aromatic N) is 1. The van der Waals surface area contributed by atoms with E-state index < -0.39 is 16.5 Å². The summed E-state index contributed by atoms with van der Waals surface area (Å²) >= 11 is 0. The standard InChI is InChI=1S/C10H15N.C10H15.C6H18NSi2.U/c1-6-7(2)9(4)10(5-11)8(6)3;1-6-7(2)9(4)10(5)8(6)3;1-8(2,3)7-9(4,5)6;/h11H,5H2,1-4H3;1-5H3;1-6H3;/q-2;2*-1;+4. The fourth-order valence-electron chi connectivity index (χ4n) is 3.97. The van der Waals surface area contributed by atoms with Crippen LogP contribution >= 0.6 is 0 Å². The van der Waals surface area contributed by atoms with Gasteiger partial charge in [-0.3, -0.25) is 0 Å². The Labute approximate surface area is 220 Å². The van der Waals surface area contributed by atoms with E-state index >= 15 is 0 Å². The first-order chi connectivity index (χ1) is 13.4. The fourth-order valence-corrected chi connectivity index (χ4v) is 12.0. The van der Waals surface area contributed by atoms with E-state index in [2.05, 4.69) is 102 Å². The molecule has 0 aromatic heterocycles. The summed E-state index contributed by atoms with van der Waals surface area (Å²) in [6.07, 6.45) is 0. The second kappa shape index (κ2) is 13.1. The first-order valence-corrected chi connectivity index (χ1v) is 18.0. The molecule has 2 aromatic carbocycles. The third-order valence-corrected chi connectivity index (χ3v) is 11.6. The predicted molar refractivity (Wildman–Crippen MR) is 145 cm³/mol. The van der Waals surface area contributed by atoms with Crippen LogP contribution in [0.2, 0.25) is 39.3 Å². The first-order valence-electron chi connectivity index (χ1n) is 11.2. The molecule has 0 atom stereocenters. The van der Waals surface area contributed by atoms with E-state index in [0.717, 1.165) is 0 Å². The van der Waals surface area contributed by atoms with E-state index in [4.69, 9.17) is 10.4 Å². The molecular formula is C26H48N2Si2U. The van der Waals surface area contributed by atoms with Crippen molar-refractivity contribution in [3.05, 3.63) is 66.0 Å². The molecule has 0 fully saturated rings. The topological polar surface area (TPSA) is 37.9 Å². The Balaban J connectivity index is 0. The van der Waals surface area contributed by atoms with E-state index in [0.29, 0.717) is 6.54 Å². The average molecular weight is 683 g/mol. The summed E-state index contributed by atoms with van der Waals surface area (Å²) in [6, 6.07) is 0. The van der Waals surface area contributed by atoms with Crippen molar-refractivity contribution in [2.75, 3.05) is 0 Å². The van der Waals surface area contributed by atoms with Crippen molar-refractivity contribution in [3.63, 3.8) is 0 Å². The molecule has 0 aliphatic heterocycles. The molecule has 31 heavy (non-hydrogen) atoms. The molecule has 0 amide bonds. The van der Waals surface area contributed by atoms with Crippen LogP contribution in [0, 0.1) is 93.4 Å². The molecule has 0 spiro atoms. The van der Waals surface area contributed by atoms with Crippen molar-refractivity contribution in [1.29, 1.82) is 0 Å². The Kier molecular flexibility index (Phi) is 14.1. The Morgan fingerprint density at radius 2 is 0.903 bits per heavy atom.